The monoisotopic (exact) mass is 678 g/mol. The number of benzene rings is 3. The molecule has 1 fully saturated rings. The molecule has 3 aromatic rings. The second-order valence-electron chi connectivity index (χ2n) is 10.8. The van der Waals surface area contributed by atoms with Gasteiger partial charge < -0.3 is 24.6 Å². The zero-order valence-corrected chi connectivity index (χ0v) is 27.8. The van der Waals surface area contributed by atoms with Crippen LogP contribution in [-0.4, -0.2) is 68.7 Å². The van der Waals surface area contributed by atoms with Crippen molar-refractivity contribution in [3.05, 3.63) is 75.8 Å². The van der Waals surface area contributed by atoms with Crippen LogP contribution in [0.15, 0.2) is 59.5 Å². The Bertz CT molecular complexity index is 1620. The number of sulfonamides is 1. The molecule has 2 N–H and O–H groups in total. The smallest absolute Gasteiger partial charge is 0.326 e. The van der Waals surface area contributed by atoms with E-state index in [1.165, 1.54) is 25.1 Å². The van der Waals surface area contributed by atoms with Crippen molar-refractivity contribution in [2.24, 2.45) is 0 Å². The van der Waals surface area contributed by atoms with Gasteiger partial charge in [-0.2, -0.15) is 4.31 Å². The van der Waals surface area contributed by atoms with Gasteiger partial charge in [-0.25, -0.2) is 13.2 Å². The summed E-state index contributed by atoms with van der Waals surface area (Å²) in [6.45, 7) is 4.46. The van der Waals surface area contributed by atoms with E-state index in [1.807, 2.05) is 31.2 Å². The molecule has 0 saturated carbocycles. The minimum atomic E-state index is -4.17. The largest absolute Gasteiger partial charge is 0.496 e. The Hall–Kier alpha value is -3.35. The van der Waals surface area contributed by atoms with E-state index >= 15 is 0 Å². The van der Waals surface area contributed by atoms with Crippen molar-refractivity contribution in [2.45, 2.75) is 56.2 Å². The summed E-state index contributed by atoms with van der Waals surface area (Å²) >= 11 is 12.1. The zero-order chi connectivity index (χ0) is 32.9. The van der Waals surface area contributed by atoms with E-state index in [1.54, 1.807) is 26.4 Å². The average molecular weight is 680 g/mol. The summed E-state index contributed by atoms with van der Waals surface area (Å²) in [5, 5.41) is 12.9. The lowest BCUT2D eigenvalue weighted by molar-refractivity contribution is -0.143. The lowest BCUT2D eigenvalue weighted by Gasteiger charge is -2.34. The maximum Gasteiger partial charge on any atom is 0.326 e. The lowest BCUT2D eigenvalue weighted by Crippen LogP contribution is -2.58. The molecule has 0 aromatic heterocycles. The Labute approximate surface area is 273 Å². The third-order valence-corrected chi connectivity index (χ3v) is 10.2. The first-order valence-electron chi connectivity index (χ1n) is 14.3. The number of nitrogens with one attached hydrogen (secondary N) is 1. The maximum atomic E-state index is 13.6. The summed E-state index contributed by atoms with van der Waals surface area (Å²) in [5.74, 6) is -0.769. The Morgan fingerprint density at radius 3 is 2.13 bits per heavy atom. The summed E-state index contributed by atoms with van der Waals surface area (Å²) < 4.78 is 45.0. The van der Waals surface area contributed by atoms with Gasteiger partial charge in [-0.05, 0) is 73.7 Å². The second-order valence-corrected chi connectivity index (χ2v) is 13.6. The molecule has 13 heteroatoms. The number of carboxylic acids is 1. The van der Waals surface area contributed by atoms with E-state index in [0.29, 0.717) is 36.7 Å². The number of carboxylic acid groups (broad SMARTS) is 1. The molecule has 0 spiro atoms. The van der Waals surface area contributed by atoms with Gasteiger partial charge in [-0.3, -0.25) is 4.79 Å². The fourth-order valence-electron chi connectivity index (χ4n) is 5.47. The van der Waals surface area contributed by atoms with Crippen LogP contribution in [0.5, 0.6) is 11.5 Å². The molecule has 45 heavy (non-hydrogen) atoms. The highest BCUT2D eigenvalue weighted by Crippen LogP contribution is 2.40. The fourth-order valence-corrected chi connectivity index (χ4v) is 8.00. The maximum absolute atomic E-state index is 13.6. The molecule has 242 valence electrons. The van der Waals surface area contributed by atoms with Crippen LogP contribution in [0.4, 0.5) is 0 Å². The minimum Gasteiger partial charge on any atom is -0.496 e. The molecule has 0 radical (unpaired) electrons. The number of halogens is 2. The van der Waals surface area contributed by atoms with Gasteiger partial charge in [-0.15, -0.1) is 0 Å². The molecule has 0 aliphatic carbocycles. The van der Waals surface area contributed by atoms with Crippen molar-refractivity contribution in [1.82, 2.24) is 9.62 Å². The molecule has 1 aliphatic rings. The number of carbonyl (C=O) groups is 2. The van der Waals surface area contributed by atoms with Gasteiger partial charge in [0.1, 0.15) is 23.1 Å². The van der Waals surface area contributed by atoms with Gasteiger partial charge in [0.25, 0.3) is 0 Å². The predicted molar refractivity (Wildman–Crippen MR) is 172 cm³/mol. The first kappa shape index (κ1) is 34.5. The van der Waals surface area contributed by atoms with E-state index in [2.05, 4.69) is 5.32 Å². The van der Waals surface area contributed by atoms with Crippen molar-refractivity contribution >= 4 is 45.1 Å². The normalized spacial score (nSPS) is 17.6. The van der Waals surface area contributed by atoms with Gasteiger partial charge >= 0.3 is 5.97 Å². The van der Waals surface area contributed by atoms with Crippen LogP contribution in [0.1, 0.15) is 37.8 Å². The molecule has 1 aliphatic heterocycles. The van der Waals surface area contributed by atoms with Gasteiger partial charge in [0.15, 0.2) is 0 Å². The summed E-state index contributed by atoms with van der Waals surface area (Å²) in [6.07, 6.45) is 0.590. The first-order valence-corrected chi connectivity index (χ1v) is 16.5. The molecular weight excluding hydrogens is 643 g/mol. The highest BCUT2D eigenvalue weighted by molar-refractivity contribution is 7.89. The zero-order valence-electron chi connectivity index (χ0n) is 25.4. The molecular formula is C32H36Cl2N2O8S. The molecule has 10 nitrogen and oxygen atoms in total. The Morgan fingerprint density at radius 2 is 1.60 bits per heavy atom. The number of nitrogens with zero attached hydrogens (tertiary/aromatic N) is 1. The lowest BCUT2D eigenvalue weighted by atomic mass is 9.96. The topological polar surface area (TPSA) is 131 Å². The number of rotatable bonds is 13. The van der Waals surface area contributed by atoms with Crippen LogP contribution in [0, 0.1) is 0 Å². The van der Waals surface area contributed by atoms with Crippen LogP contribution in [0.3, 0.4) is 0 Å². The standard InChI is InChI=1S/C32H36Cl2N2O8S/c1-5-44-19-21-14-27(42-3)29(28(15-21)43-4)22-9-7-20(8-10-22)13-26(30(37)38)35-31(39)32(2)11-6-12-36(32)45(40,41)25-17-23(33)16-24(34)18-25/h7-10,14-18,26H,5-6,11-13,19H2,1-4H3,(H,35,39)(H,37,38)/t26?,32-/m0/s1. The average Bonchev–Trinajstić information content (AvgIpc) is 3.42. The molecule has 1 heterocycles. The van der Waals surface area contributed by atoms with Gasteiger partial charge in [-0.1, -0.05) is 47.5 Å². The Kier molecular flexibility index (Phi) is 11.0. The van der Waals surface area contributed by atoms with Crippen molar-refractivity contribution in [3.63, 3.8) is 0 Å². The third kappa shape index (κ3) is 7.56. The van der Waals surface area contributed by atoms with E-state index in [-0.39, 0.29) is 34.3 Å². The molecule has 2 atom stereocenters. The second kappa shape index (κ2) is 14.4. The fraction of sp³-hybridized carbons (Fsp3) is 0.375. The van der Waals surface area contributed by atoms with Crippen molar-refractivity contribution in [3.8, 4) is 22.6 Å². The molecule has 4 rings (SSSR count). The van der Waals surface area contributed by atoms with Gasteiger partial charge in [0.05, 0.1) is 31.3 Å². The SMILES string of the molecule is CCOCc1cc(OC)c(-c2ccc(CC(NC(=O)[C@]3(C)CCCN3S(=O)(=O)c3cc(Cl)cc(Cl)c3)C(=O)O)cc2)c(OC)c1. The minimum absolute atomic E-state index is 0.0321. The number of methoxy groups -OCH3 is 2. The van der Waals surface area contributed by atoms with Crippen LogP contribution >= 0.6 is 23.2 Å². The number of hydrogen-bond acceptors (Lipinski definition) is 7. The highest BCUT2D eigenvalue weighted by atomic mass is 35.5. The van der Waals surface area contributed by atoms with Crippen LogP contribution in [0.2, 0.25) is 10.0 Å². The van der Waals surface area contributed by atoms with E-state index < -0.39 is 33.5 Å². The van der Waals surface area contributed by atoms with Gasteiger partial charge in [0.2, 0.25) is 15.9 Å². The van der Waals surface area contributed by atoms with Gasteiger partial charge in [0, 0.05) is 29.6 Å². The van der Waals surface area contributed by atoms with E-state index in [0.717, 1.165) is 21.0 Å². The Morgan fingerprint density at radius 1 is 1.00 bits per heavy atom. The molecule has 1 amide bonds. The number of amides is 1. The number of hydrogen-bond donors (Lipinski definition) is 2. The molecule has 1 saturated heterocycles. The summed E-state index contributed by atoms with van der Waals surface area (Å²) in [7, 11) is -1.04. The summed E-state index contributed by atoms with van der Waals surface area (Å²) in [5.41, 5.74) is 1.53. The molecule has 1 unspecified atom stereocenters. The molecule has 3 aromatic carbocycles. The van der Waals surface area contributed by atoms with Crippen LogP contribution in [-0.2, 0) is 37.4 Å². The van der Waals surface area contributed by atoms with Crippen molar-refractivity contribution in [2.75, 3.05) is 27.4 Å². The summed E-state index contributed by atoms with van der Waals surface area (Å²) in [4.78, 5) is 25.7. The highest BCUT2D eigenvalue weighted by Gasteiger charge is 2.50. The number of carbonyl (C=O) groups excluding carboxylic acids is 1. The number of ether oxygens (including phenoxy) is 3. The van der Waals surface area contributed by atoms with Crippen molar-refractivity contribution in [1.29, 1.82) is 0 Å². The predicted octanol–water partition coefficient (Wildman–Crippen LogP) is 5.57. The van der Waals surface area contributed by atoms with E-state index in [9.17, 15) is 23.1 Å². The quantitative estimate of drug-likeness (QED) is 0.240. The third-order valence-electron chi connectivity index (χ3n) is 7.81. The van der Waals surface area contributed by atoms with Crippen LogP contribution < -0.4 is 14.8 Å². The van der Waals surface area contributed by atoms with Crippen molar-refractivity contribution < 1.29 is 37.3 Å². The van der Waals surface area contributed by atoms with E-state index in [4.69, 9.17) is 37.4 Å². The molecule has 0 bridgehead atoms. The number of aliphatic carboxylic acids is 1. The first-order chi connectivity index (χ1) is 21.3. The summed E-state index contributed by atoms with van der Waals surface area (Å²) in [6, 6.07) is 13.6. The van der Waals surface area contributed by atoms with Crippen LogP contribution in [0.25, 0.3) is 11.1 Å². The Balaban J connectivity index is 1.55.